The first-order valence-electron chi connectivity index (χ1n) is 3.55. The van der Waals surface area contributed by atoms with Gasteiger partial charge in [0.2, 0.25) is 0 Å². The number of benzene rings is 1. The van der Waals surface area contributed by atoms with Crippen molar-refractivity contribution in [2.45, 2.75) is 6.92 Å². The summed E-state index contributed by atoms with van der Waals surface area (Å²) in [6.45, 7) is 2.03. The standard InChI is InChI=1S/C10H8BrCl/c1-8-4-5-10(11)7-9(8)3-2-6-12/h4-5,7H,6H2,1H3. The van der Waals surface area contributed by atoms with Crippen LogP contribution >= 0.6 is 27.5 Å². The van der Waals surface area contributed by atoms with E-state index in [4.69, 9.17) is 11.6 Å². The van der Waals surface area contributed by atoms with Crippen LogP contribution in [-0.2, 0) is 0 Å². The first-order valence-corrected chi connectivity index (χ1v) is 4.88. The molecule has 0 saturated carbocycles. The molecule has 0 nitrogen and oxygen atoms in total. The number of halogens is 2. The van der Waals surface area contributed by atoms with Crippen molar-refractivity contribution in [3.05, 3.63) is 33.8 Å². The lowest BCUT2D eigenvalue weighted by molar-refractivity contribution is 1.42. The molecule has 2 heteroatoms. The highest BCUT2D eigenvalue weighted by atomic mass is 79.9. The molecule has 0 N–H and O–H groups in total. The third-order valence-corrected chi connectivity index (χ3v) is 2.12. The van der Waals surface area contributed by atoms with Crippen LogP contribution in [0.2, 0.25) is 0 Å². The molecule has 0 saturated heterocycles. The fourth-order valence-electron chi connectivity index (χ4n) is 0.858. The van der Waals surface area contributed by atoms with Crippen LogP contribution in [-0.4, -0.2) is 5.88 Å². The van der Waals surface area contributed by atoms with Crippen LogP contribution in [0.25, 0.3) is 0 Å². The fourth-order valence-corrected chi connectivity index (χ4v) is 1.29. The highest BCUT2D eigenvalue weighted by Crippen LogP contribution is 2.14. The molecule has 0 bridgehead atoms. The second-order valence-electron chi connectivity index (χ2n) is 2.39. The minimum atomic E-state index is 0.381. The molecule has 0 aliphatic heterocycles. The van der Waals surface area contributed by atoms with Crippen molar-refractivity contribution in [2.24, 2.45) is 0 Å². The molecule has 0 aliphatic rings. The zero-order chi connectivity index (χ0) is 8.97. The van der Waals surface area contributed by atoms with Crippen molar-refractivity contribution < 1.29 is 0 Å². The minimum Gasteiger partial charge on any atom is -0.113 e. The SMILES string of the molecule is Cc1ccc(Br)cc1C#CCCl. The van der Waals surface area contributed by atoms with Crippen LogP contribution in [0.5, 0.6) is 0 Å². The van der Waals surface area contributed by atoms with Crippen LogP contribution in [0.3, 0.4) is 0 Å². The zero-order valence-corrected chi connectivity index (χ0v) is 9.04. The van der Waals surface area contributed by atoms with Crippen LogP contribution < -0.4 is 0 Å². The second kappa shape index (κ2) is 4.54. The van der Waals surface area contributed by atoms with E-state index >= 15 is 0 Å². The summed E-state index contributed by atoms with van der Waals surface area (Å²) >= 11 is 8.85. The van der Waals surface area contributed by atoms with E-state index in [-0.39, 0.29) is 0 Å². The first-order chi connectivity index (χ1) is 5.74. The summed E-state index contributed by atoms with van der Waals surface area (Å²) in [5, 5.41) is 0. The Labute approximate surface area is 86.1 Å². The van der Waals surface area contributed by atoms with Crippen molar-refractivity contribution in [3.8, 4) is 11.8 Å². The molecule has 1 aromatic carbocycles. The number of alkyl halides is 1. The summed E-state index contributed by atoms with van der Waals surface area (Å²) in [6.07, 6.45) is 0. The Hall–Kier alpha value is -0.450. The summed E-state index contributed by atoms with van der Waals surface area (Å²) in [7, 11) is 0. The molecule has 0 spiro atoms. The number of hydrogen-bond donors (Lipinski definition) is 0. The molecule has 0 heterocycles. The molecule has 1 rings (SSSR count). The van der Waals surface area contributed by atoms with Crippen LogP contribution in [0, 0.1) is 18.8 Å². The number of hydrogen-bond acceptors (Lipinski definition) is 0. The molecule has 0 aliphatic carbocycles. The summed E-state index contributed by atoms with van der Waals surface area (Å²) < 4.78 is 1.05. The Kier molecular flexibility index (Phi) is 3.65. The monoisotopic (exact) mass is 242 g/mol. The van der Waals surface area contributed by atoms with Gasteiger partial charge in [0, 0.05) is 10.0 Å². The molecule has 12 heavy (non-hydrogen) atoms. The van der Waals surface area contributed by atoms with E-state index in [2.05, 4.69) is 27.8 Å². The van der Waals surface area contributed by atoms with E-state index in [1.54, 1.807) is 0 Å². The maximum Gasteiger partial charge on any atom is 0.0839 e. The van der Waals surface area contributed by atoms with Gasteiger partial charge < -0.3 is 0 Å². The lowest BCUT2D eigenvalue weighted by Crippen LogP contribution is -1.81. The summed E-state index contributed by atoms with van der Waals surface area (Å²) in [5.41, 5.74) is 2.21. The molecular weight excluding hydrogens is 235 g/mol. The quantitative estimate of drug-likeness (QED) is 0.484. The third kappa shape index (κ3) is 2.55. The van der Waals surface area contributed by atoms with Gasteiger partial charge in [0.15, 0.2) is 0 Å². The molecule has 0 amide bonds. The summed E-state index contributed by atoms with van der Waals surface area (Å²) in [5.74, 6) is 6.20. The van der Waals surface area contributed by atoms with Gasteiger partial charge in [-0.25, -0.2) is 0 Å². The average molecular weight is 244 g/mol. The van der Waals surface area contributed by atoms with Crippen molar-refractivity contribution >= 4 is 27.5 Å². The van der Waals surface area contributed by atoms with E-state index in [1.165, 1.54) is 5.56 Å². The van der Waals surface area contributed by atoms with E-state index in [9.17, 15) is 0 Å². The largest absolute Gasteiger partial charge is 0.113 e. The normalized spacial score (nSPS) is 8.92. The van der Waals surface area contributed by atoms with Gasteiger partial charge in [0.05, 0.1) is 5.88 Å². The number of aryl methyl sites for hydroxylation is 1. The minimum absolute atomic E-state index is 0.381. The van der Waals surface area contributed by atoms with E-state index < -0.39 is 0 Å². The van der Waals surface area contributed by atoms with Crippen LogP contribution in [0.15, 0.2) is 22.7 Å². The summed E-state index contributed by atoms with van der Waals surface area (Å²) in [4.78, 5) is 0. The maximum absolute atomic E-state index is 5.46. The lowest BCUT2D eigenvalue weighted by Gasteiger charge is -1.97. The highest BCUT2D eigenvalue weighted by Gasteiger charge is 1.94. The third-order valence-electron chi connectivity index (χ3n) is 1.49. The summed E-state index contributed by atoms with van der Waals surface area (Å²) in [6, 6.07) is 6.03. The molecule has 1 aromatic rings. The van der Waals surface area contributed by atoms with Crippen LogP contribution in [0.4, 0.5) is 0 Å². The maximum atomic E-state index is 5.46. The van der Waals surface area contributed by atoms with Crippen molar-refractivity contribution in [1.29, 1.82) is 0 Å². The topological polar surface area (TPSA) is 0 Å². The predicted molar refractivity (Wildman–Crippen MR) is 56.5 cm³/mol. The van der Waals surface area contributed by atoms with Gasteiger partial charge in [-0.05, 0) is 24.6 Å². The smallest absolute Gasteiger partial charge is 0.0839 e. The van der Waals surface area contributed by atoms with E-state index in [0.717, 1.165) is 10.0 Å². The van der Waals surface area contributed by atoms with Gasteiger partial charge in [0.1, 0.15) is 0 Å². The lowest BCUT2D eigenvalue weighted by atomic mass is 10.1. The van der Waals surface area contributed by atoms with Crippen molar-refractivity contribution in [2.75, 3.05) is 5.88 Å². The molecule has 0 atom stereocenters. The Morgan fingerprint density at radius 2 is 2.25 bits per heavy atom. The Balaban J connectivity index is 3.05. The second-order valence-corrected chi connectivity index (χ2v) is 3.58. The molecular formula is C10H8BrCl. The predicted octanol–water partition coefficient (Wildman–Crippen LogP) is 3.35. The molecule has 0 fully saturated rings. The Bertz CT molecular complexity index is 333. The Morgan fingerprint density at radius 1 is 1.50 bits per heavy atom. The van der Waals surface area contributed by atoms with Crippen LogP contribution in [0.1, 0.15) is 11.1 Å². The molecule has 0 radical (unpaired) electrons. The highest BCUT2D eigenvalue weighted by molar-refractivity contribution is 9.10. The number of rotatable bonds is 0. The van der Waals surface area contributed by atoms with Gasteiger partial charge >= 0.3 is 0 Å². The van der Waals surface area contributed by atoms with Crippen molar-refractivity contribution in [1.82, 2.24) is 0 Å². The molecule has 62 valence electrons. The Morgan fingerprint density at radius 3 is 2.92 bits per heavy atom. The average Bonchev–Trinajstić information content (AvgIpc) is 2.07. The first kappa shape index (κ1) is 9.64. The van der Waals surface area contributed by atoms with Gasteiger partial charge in [0.25, 0.3) is 0 Å². The van der Waals surface area contributed by atoms with E-state index in [1.807, 2.05) is 25.1 Å². The van der Waals surface area contributed by atoms with Crippen molar-refractivity contribution in [3.63, 3.8) is 0 Å². The fraction of sp³-hybridized carbons (Fsp3) is 0.200. The van der Waals surface area contributed by atoms with Gasteiger partial charge in [-0.1, -0.05) is 33.8 Å². The van der Waals surface area contributed by atoms with E-state index in [0.29, 0.717) is 5.88 Å². The van der Waals surface area contributed by atoms with Gasteiger partial charge in [-0.2, -0.15) is 0 Å². The molecule has 0 aromatic heterocycles. The van der Waals surface area contributed by atoms with Gasteiger partial charge in [-0.3, -0.25) is 0 Å². The van der Waals surface area contributed by atoms with Gasteiger partial charge in [-0.15, -0.1) is 11.6 Å². The molecule has 0 unspecified atom stereocenters. The zero-order valence-electron chi connectivity index (χ0n) is 6.70.